The number of alkyl halides is 7. The molecule has 3 aromatic heterocycles. The van der Waals surface area contributed by atoms with E-state index in [-0.39, 0.29) is 42.1 Å². The van der Waals surface area contributed by atoms with Crippen LogP contribution in [0.1, 0.15) is 70.7 Å². The number of imidazole rings is 1. The van der Waals surface area contributed by atoms with Crippen molar-refractivity contribution in [2.45, 2.75) is 62.1 Å². The van der Waals surface area contributed by atoms with Crippen molar-refractivity contribution in [3.63, 3.8) is 0 Å². The maximum atomic E-state index is 14.2. The number of aromatic nitrogens is 4. The van der Waals surface area contributed by atoms with Gasteiger partial charge in [-0.3, -0.25) is 4.79 Å². The van der Waals surface area contributed by atoms with Gasteiger partial charge in [0.25, 0.3) is 11.8 Å². The van der Waals surface area contributed by atoms with Gasteiger partial charge in [0, 0.05) is 31.1 Å². The lowest BCUT2D eigenvalue weighted by molar-refractivity contribution is -0.127. The van der Waals surface area contributed by atoms with Crippen LogP contribution in [0.2, 0.25) is 0 Å². The molecule has 3 aromatic rings. The number of carbonyl (C=O) groups excluding carboxylic acids is 2. The highest BCUT2D eigenvalue weighted by Gasteiger charge is 2.45. The van der Waals surface area contributed by atoms with E-state index in [1.807, 2.05) is 0 Å². The van der Waals surface area contributed by atoms with Crippen LogP contribution in [0.3, 0.4) is 0 Å². The average molecular weight is 636 g/mol. The smallest absolute Gasteiger partial charge is 0.382 e. The minimum Gasteiger partial charge on any atom is -0.382 e. The Bertz CT molecular complexity index is 1530. The summed E-state index contributed by atoms with van der Waals surface area (Å²) < 4.78 is 109. The Labute approximate surface area is 244 Å². The molecule has 1 aliphatic carbocycles. The molecule has 0 spiro atoms. The molecule has 2 fully saturated rings. The molecule has 5 rings (SSSR count). The van der Waals surface area contributed by atoms with Gasteiger partial charge in [-0.1, -0.05) is 5.16 Å². The number of urea groups is 1. The van der Waals surface area contributed by atoms with Crippen molar-refractivity contribution >= 4 is 17.6 Å². The first-order chi connectivity index (χ1) is 20.6. The van der Waals surface area contributed by atoms with Gasteiger partial charge in [-0.25, -0.2) is 31.9 Å². The summed E-state index contributed by atoms with van der Waals surface area (Å²) in [6.07, 6.45) is -5.00. The van der Waals surface area contributed by atoms with Crippen LogP contribution in [-0.2, 0) is 11.2 Å². The van der Waals surface area contributed by atoms with Crippen LogP contribution in [0.5, 0.6) is 0 Å². The number of hydrogen-bond acceptors (Lipinski definition) is 7. The Morgan fingerprint density at radius 3 is 2.57 bits per heavy atom. The van der Waals surface area contributed by atoms with Gasteiger partial charge >= 0.3 is 12.2 Å². The van der Waals surface area contributed by atoms with E-state index >= 15 is 0 Å². The molecule has 1 saturated carbocycles. The number of nitrogens with one attached hydrogen (secondary N) is 1. The van der Waals surface area contributed by atoms with Crippen LogP contribution in [0, 0.1) is 5.92 Å². The third kappa shape index (κ3) is 6.58. The van der Waals surface area contributed by atoms with Crippen molar-refractivity contribution in [3.05, 3.63) is 46.7 Å². The molecule has 4 heterocycles. The fraction of sp³-hybridized carbons (Fsp3) is 0.577. The zero-order valence-electron chi connectivity index (χ0n) is 23.2. The number of ether oxygens (including phenoxy) is 1. The molecule has 11 nitrogen and oxygen atoms in total. The van der Waals surface area contributed by atoms with Gasteiger partial charge in [-0.2, -0.15) is 18.3 Å². The third-order valence-corrected chi connectivity index (χ3v) is 7.87. The van der Waals surface area contributed by atoms with Crippen molar-refractivity contribution < 1.29 is 49.6 Å². The highest BCUT2D eigenvalue weighted by atomic mass is 19.4. The van der Waals surface area contributed by atoms with Crippen LogP contribution in [0.15, 0.2) is 23.0 Å². The molecule has 18 heteroatoms. The van der Waals surface area contributed by atoms with Crippen molar-refractivity contribution in [1.82, 2.24) is 30.0 Å². The normalized spacial score (nSPS) is 20.5. The summed E-state index contributed by atoms with van der Waals surface area (Å²) in [7, 11) is 1.32. The molecule has 0 aromatic carbocycles. The number of nitrogens with two attached hydrogens (primary N) is 1. The summed E-state index contributed by atoms with van der Waals surface area (Å²) in [6.45, 7) is -1.89. The highest BCUT2D eigenvalue weighted by molar-refractivity contribution is 5.92. The summed E-state index contributed by atoms with van der Waals surface area (Å²) in [5, 5.41) is 9.87. The Balaban J connectivity index is 1.58. The summed E-state index contributed by atoms with van der Waals surface area (Å²) in [4.78, 5) is 29.8. The number of carbonyl (C=O) groups is 2. The second-order valence-electron chi connectivity index (χ2n) is 11.1. The van der Waals surface area contributed by atoms with Crippen LogP contribution < -0.4 is 11.1 Å². The fourth-order valence-electron chi connectivity index (χ4n) is 5.82. The van der Waals surface area contributed by atoms with Crippen LogP contribution in [0.25, 0.3) is 5.65 Å². The lowest BCUT2D eigenvalue weighted by atomic mass is 9.75. The van der Waals surface area contributed by atoms with Gasteiger partial charge in [0.15, 0.2) is 11.3 Å². The predicted molar refractivity (Wildman–Crippen MR) is 136 cm³/mol. The van der Waals surface area contributed by atoms with E-state index in [0.29, 0.717) is 0 Å². The molecule has 1 aliphatic heterocycles. The fourth-order valence-corrected chi connectivity index (χ4v) is 5.82. The number of halogens is 7. The van der Waals surface area contributed by atoms with Gasteiger partial charge in [0.2, 0.25) is 5.92 Å². The summed E-state index contributed by atoms with van der Waals surface area (Å²) in [6, 6.07) is -0.312. The molecular formula is C26H28F7N7O4. The van der Waals surface area contributed by atoms with Crippen molar-refractivity contribution in [2.24, 2.45) is 11.7 Å². The van der Waals surface area contributed by atoms with Crippen molar-refractivity contribution in [1.29, 1.82) is 0 Å². The van der Waals surface area contributed by atoms with Crippen molar-refractivity contribution in [2.75, 3.05) is 26.8 Å². The standard InChI is InChI=1S/C26H28F7N7O4/c1-43-10-17(39-12-25(29,30)11-35-23(39)42)14-6-18-37-16(9-40(18)36-8-14)19(13-2-4-24(27,28)5-3-13)21-15(7-26(31,32)33)20(22(34)41)38-44-21/h6,8-9,13,17,19H,2-5,7,10-12H2,1H3,(H2,34,41)(H,35,42)/t17-,19+/m1/s1. The lowest BCUT2D eigenvalue weighted by Gasteiger charge is -2.38. The molecule has 0 radical (unpaired) electrons. The molecule has 2 atom stereocenters. The van der Waals surface area contributed by atoms with Gasteiger partial charge in [-0.05, 0) is 24.8 Å². The maximum absolute atomic E-state index is 14.2. The van der Waals surface area contributed by atoms with Gasteiger partial charge < -0.3 is 25.2 Å². The van der Waals surface area contributed by atoms with Gasteiger partial charge in [0.1, 0.15) is 5.76 Å². The SMILES string of the molecule is COC[C@H](c1cnn2cc([C@@H](c3onc(C(N)=O)c3CC(F)(F)F)C3CCC(F)(F)CC3)nc2c1)N1CC(F)(F)CNC1=O. The van der Waals surface area contributed by atoms with Gasteiger partial charge in [0.05, 0.1) is 56.2 Å². The lowest BCUT2D eigenvalue weighted by Crippen LogP contribution is -2.58. The molecule has 44 heavy (non-hydrogen) atoms. The zero-order valence-corrected chi connectivity index (χ0v) is 23.2. The Hall–Kier alpha value is -3.96. The number of primary amides is 1. The van der Waals surface area contributed by atoms with Gasteiger partial charge in [-0.15, -0.1) is 0 Å². The Morgan fingerprint density at radius 1 is 1.23 bits per heavy atom. The number of hydrogen-bond donors (Lipinski definition) is 2. The first kappa shape index (κ1) is 31.5. The molecule has 2 aliphatic rings. The molecule has 1 saturated heterocycles. The van der Waals surface area contributed by atoms with Crippen molar-refractivity contribution in [3.8, 4) is 0 Å². The van der Waals surface area contributed by atoms with E-state index in [1.54, 1.807) is 0 Å². The van der Waals surface area contributed by atoms with E-state index in [0.717, 1.165) is 4.90 Å². The number of fused-ring (bicyclic) bond motifs is 1. The second-order valence-corrected chi connectivity index (χ2v) is 11.1. The van der Waals surface area contributed by atoms with E-state index in [1.165, 1.54) is 30.1 Å². The monoisotopic (exact) mass is 635 g/mol. The van der Waals surface area contributed by atoms with E-state index in [9.17, 15) is 40.3 Å². The number of methoxy groups -OCH3 is 1. The largest absolute Gasteiger partial charge is 0.393 e. The molecule has 240 valence electrons. The first-order valence-electron chi connectivity index (χ1n) is 13.6. The summed E-state index contributed by atoms with van der Waals surface area (Å²) >= 11 is 0. The minimum atomic E-state index is -4.79. The Kier molecular flexibility index (Phi) is 8.24. The summed E-state index contributed by atoms with van der Waals surface area (Å²) in [5.41, 5.74) is 4.40. The first-order valence-corrected chi connectivity index (χ1v) is 13.6. The molecule has 0 unspecified atom stereocenters. The third-order valence-electron chi connectivity index (χ3n) is 7.87. The van der Waals surface area contributed by atoms with Crippen LogP contribution in [-0.4, -0.2) is 81.4 Å². The van der Waals surface area contributed by atoms with Crippen LogP contribution in [0.4, 0.5) is 35.5 Å². The predicted octanol–water partition coefficient (Wildman–Crippen LogP) is 4.23. The number of rotatable bonds is 9. The molecular weight excluding hydrogens is 607 g/mol. The van der Waals surface area contributed by atoms with E-state index in [2.05, 4.69) is 20.6 Å². The quantitative estimate of drug-likeness (QED) is 0.336. The second kappa shape index (κ2) is 11.5. The van der Waals surface area contributed by atoms with Crippen LogP contribution >= 0.6 is 0 Å². The molecule has 3 N–H and O–H groups in total. The number of amides is 3. The molecule has 3 amide bonds. The number of nitrogens with zero attached hydrogens (tertiary/aromatic N) is 5. The maximum Gasteiger partial charge on any atom is 0.393 e. The topological polar surface area (TPSA) is 141 Å². The Morgan fingerprint density at radius 2 is 1.93 bits per heavy atom. The highest BCUT2D eigenvalue weighted by Crippen LogP contribution is 2.46. The minimum absolute atomic E-state index is 0.0889. The molecule has 0 bridgehead atoms. The average Bonchev–Trinajstić information content (AvgIpc) is 3.53. The summed E-state index contributed by atoms with van der Waals surface area (Å²) in [5.74, 6) is -9.63. The van der Waals surface area contributed by atoms with E-state index in [4.69, 9.17) is 15.0 Å². The zero-order chi connectivity index (χ0) is 32.0. The van der Waals surface area contributed by atoms with E-state index < -0.39 is 91.4 Å².